The summed E-state index contributed by atoms with van der Waals surface area (Å²) in [6.45, 7) is 0. The van der Waals surface area contributed by atoms with Crippen LogP contribution in [0.4, 0.5) is 5.69 Å². The van der Waals surface area contributed by atoms with Crippen molar-refractivity contribution >= 4 is 25.5 Å². The van der Waals surface area contributed by atoms with Gasteiger partial charge in [-0.15, -0.1) is 0 Å². The van der Waals surface area contributed by atoms with E-state index in [0.717, 1.165) is 12.1 Å². The van der Waals surface area contributed by atoms with E-state index in [4.69, 9.17) is 5.26 Å². The van der Waals surface area contributed by atoms with Crippen LogP contribution in [0.1, 0.15) is 5.56 Å². The number of nitro groups is 1. The topological polar surface area (TPSA) is 101 Å². The maximum Gasteiger partial charge on any atom is 0.347 e. The predicted octanol–water partition coefficient (Wildman–Crippen LogP) is 1.83. The zero-order valence-corrected chi connectivity index (χ0v) is 8.79. The monoisotopic (exact) mass is 306 g/mol. The van der Waals surface area contributed by atoms with Crippen molar-refractivity contribution in [1.82, 2.24) is 0 Å². The van der Waals surface area contributed by atoms with Gasteiger partial charge in [-0.2, -0.15) is 5.26 Å². The second-order valence-electron chi connectivity index (χ2n) is 2.25. The van der Waals surface area contributed by atoms with Gasteiger partial charge < -0.3 is 0 Å². The summed E-state index contributed by atoms with van der Waals surface area (Å²) in [5, 5.41) is 18.9. The number of halogens is 1. The number of hydrogen-bond donors (Lipinski definition) is 0. The number of nitrogens with zero attached hydrogens (tertiary/aromatic N) is 2. The minimum atomic E-state index is -3.87. The van der Waals surface area contributed by atoms with Crippen LogP contribution in [0, 0.1) is 25.0 Å². The summed E-state index contributed by atoms with van der Waals surface area (Å²) in [5.41, 5.74) is -0.461. The fraction of sp³-hybridized carbons (Fsp3) is 0. The number of hydrogen-bond acceptors (Lipinski definition) is 5. The fourth-order valence-corrected chi connectivity index (χ4v) is 2.13. The van der Waals surface area contributed by atoms with E-state index in [2.05, 4.69) is 0 Å². The molecule has 7 heteroatoms. The third-order valence-electron chi connectivity index (χ3n) is 1.44. The van der Waals surface area contributed by atoms with Gasteiger partial charge in [0.2, 0.25) is 0 Å². The highest BCUT2D eigenvalue weighted by atomic mass is 127. The summed E-state index contributed by atoms with van der Waals surface area (Å²) in [4.78, 5) is 9.63. The lowest BCUT2D eigenvalue weighted by molar-refractivity contribution is -0.385. The first-order valence-electron chi connectivity index (χ1n) is 3.30. The first-order chi connectivity index (χ1) is 6.56. The van der Waals surface area contributed by atoms with E-state index in [1.807, 2.05) is 0 Å². The maximum absolute atomic E-state index is 10.7. The molecule has 0 N–H and O–H groups in total. The Morgan fingerprint density at radius 2 is 2.07 bits per heavy atom. The van der Waals surface area contributed by atoms with Gasteiger partial charge in [-0.25, -0.2) is 6.14 Å². The standard InChI is InChI=1S/C7H3IN2O4/c9-4-5-1-2-6(8(11)12)7(3-5)10(13)14/h1-3H. The molecule has 0 aliphatic heterocycles. The molecule has 0 amide bonds. The maximum atomic E-state index is 10.7. The van der Waals surface area contributed by atoms with Crippen molar-refractivity contribution in [3.8, 4) is 6.07 Å². The highest BCUT2D eigenvalue weighted by Crippen LogP contribution is 2.28. The molecule has 0 aliphatic rings. The molecule has 1 rings (SSSR count). The van der Waals surface area contributed by atoms with Crippen molar-refractivity contribution in [3.05, 3.63) is 37.4 Å². The Hall–Kier alpha value is -1.56. The summed E-state index contributed by atoms with van der Waals surface area (Å²) in [7, 11) is 0. The molecule has 0 aliphatic carbocycles. The fourth-order valence-electron chi connectivity index (χ4n) is 0.853. The smallest absolute Gasteiger partial charge is 0.258 e. The van der Waals surface area contributed by atoms with Crippen LogP contribution < -0.4 is 0 Å². The molecule has 72 valence electrons. The van der Waals surface area contributed by atoms with Gasteiger partial charge in [0.1, 0.15) is 0 Å². The number of rotatable bonds is 2. The molecule has 0 bridgehead atoms. The van der Waals surface area contributed by atoms with E-state index in [9.17, 15) is 16.3 Å². The van der Waals surface area contributed by atoms with Crippen LogP contribution >= 0.6 is 19.8 Å². The predicted molar refractivity (Wildman–Crippen MR) is 51.9 cm³/mol. The second kappa shape index (κ2) is 4.10. The quantitative estimate of drug-likeness (QED) is 0.471. The Morgan fingerprint density at radius 3 is 2.50 bits per heavy atom. The van der Waals surface area contributed by atoms with E-state index in [0.29, 0.717) is 0 Å². The molecule has 0 atom stereocenters. The van der Waals surface area contributed by atoms with Crippen molar-refractivity contribution in [2.45, 2.75) is 0 Å². The Bertz CT molecular complexity index is 493. The second-order valence-corrected chi connectivity index (χ2v) is 4.65. The van der Waals surface area contributed by atoms with Crippen molar-refractivity contribution in [1.29, 1.82) is 5.26 Å². The van der Waals surface area contributed by atoms with Crippen molar-refractivity contribution in [2.75, 3.05) is 0 Å². The number of benzene rings is 1. The minimum absolute atomic E-state index is 0.0678. The highest BCUT2D eigenvalue weighted by molar-refractivity contribution is 14.2. The molecule has 0 saturated heterocycles. The average molecular weight is 306 g/mol. The first kappa shape index (κ1) is 10.5. The van der Waals surface area contributed by atoms with E-state index in [1.54, 1.807) is 6.07 Å². The normalized spacial score (nSPS) is 9.71. The van der Waals surface area contributed by atoms with E-state index in [1.165, 1.54) is 6.07 Å². The summed E-state index contributed by atoms with van der Waals surface area (Å²) in [5.74, 6) is 0. The van der Waals surface area contributed by atoms with Crippen LogP contribution in [0.2, 0.25) is 0 Å². The van der Waals surface area contributed by atoms with Gasteiger partial charge in [0.15, 0.2) is 3.57 Å². The Kier molecular flexibility index (Phi) is 3.08. The molecule has 0 saturated carbocycles. The summed E-state index contributed by atoms with van der Waals surface area (Å²) in [6, 6.07) is 4.97. The number of nitriles is 1. The minimum Gasteiger partial charge on any atom is -0.258 e. The highest BCUT2D eigenvalue weighted by Gasteiger charge is 2.18. The Morgan fingerprint density at radius 1 is 1.43 bits per heavy atom. The van der Waals surface area contributed by atoms with Gasteiger partial charge in [0.25, 0.3) is 5.69 Å². The molecule has 0 spiro atoms. The molecule has 0 heterocycles. The zero-order valence-electron chi connectivity index (χ0n) is 6.64. The van der Waals surface area contributed by atoms with Gasteiger partial charge in [0.05, 0.1) is 16.6 Å². The lowest BCUT2D eigenvalue weighted by Crippen LogP contribution is -1.92. The van der Waals surface area contributed by atoms with E-state index in [-0.39, 0.29) is 9.13 Å². The molecule has 0 unspecified atom stereocenters. The molecule has 0 aromatic heterocycles. The largest absolute Gasteiger partial charge is 0.347 e. The van der Waals surface area contributed by atoms with Gasteiger partial charge in [-0.3, -0.25) is 10.1 Å². The lowest BCUT2D eigenvalue weighted by atomic mass is 10.2. The van der Waals surface area contributed by atoms with E-state index >= 15 is 0 Å². The summed E-state index contributed by atoms with van der Waals surface area (Å²) in [6.07, 6.45) is 0. The van der Waals surface area contributed by atoms with Crippen molar-refractivity contribution < 1.29 is 11.1 Å². The molecule has 14 heavy (non-hydrogen) atoms. The van der Waals surface area contributed by atoms with Gasteiger partial charge >= 0.3 is 19.8 Å². The van der Waals surface area contributed by atoms with Gasteiger partial charge in [-0.05, 0) is 12.1 Å². The SMILES string of the molecule is N#Cc1ccc(I(=O)=O)c([N+](=O)[O-])c1. The van der Waals surface area contributed by atoms with Crippen LogP contribution in [0.25, 0.3) is 0 Å². The van der Waals surface area contributed by atoms with Crippen molar-refractivity contribution in [2.24, 2.45) is 0 Å². The Labute approximate surface area is 85.5 Å². The molecular weight excluding hydrogens is 303 g/mol. The number of nitro benzene ring substituents is 1. The first-order valence-corrected chi connectivity index (χ1v) is 6.14. The molecule has 6 nitrogen and oxygen atoms in total. The molecule has 1 aromatic rings. The van der Waals surface area contributed by atoms with Crippen molar-refractivity contribution in [3.63, 3.8) is 0 Å². The molecule has 1 aromatic carbocycles. The molecule has 0 radical (unpaired) electrons. The van der Waals surface area contributed by atoms with Crippen LogP contribution in [-0.2, 0) is 6.14 Å². The van der Waals surface area contributed by atoms with Crippen LogP contribution in [0.5, 0.6) is 0 Å². The summed E-state index contributed by atoms with van der Waals surface area (Å²) >= 11 is -3.87. The Balaban J connectivity index is 3.48. The summed E-state index contributed by atoms with van der Waals surface area (Å²) < 4.78 is 21.0. The van der Waals surface area contributed by atoms with Crippen LogP contribution in [0.3, 0.4) is 0 Å². The molecular formula is C7H3IN2O4. The molecule has 0 fully saturated rings. The third kappa shape index (κ3) is 2.02. The van der Waals surface area contributed by atoms with E-state index < -0.39 is 30.4 Å². The zero-order chi connectivity index (χ0) is 10.7. The van der Waals surface area contributed by atoms with Gasteiger partial charge in [0, 0.05) is 6.07 Å². The van der Waals surface area contributed by atoms with Crippen LogP contribution in [0.15, 0.2) is 18.2 Å². The average Bonchev–Trinajstić information content (AvgIpc) is 2.16. The lowest BCUT2D eigenvalue weighted by Gasteiger charge is -1.93. The van der Waals surface area contributed by atoms with Gasteiger partial charge in [-0.1, -0.05) is 0 Å². The van der Waals surface area contributed by atoms with Crippen LogP contribution in [-0.4, -0.2) is 4.92 Å². The third-order valence-corrected chi connectivity index (χ3v) is 3.30.